The van der Waals surface area contributed by atoms with E-state index in [0.717, 1.165) is 19.5 Å². The van der Waals surface area contributed by atoms with Crippen molar-refractivity contribution in [2.45, 2.75) is 25.8 Å². The molecule has 0 aliphatic carbocycles. The molecule has 104 valence electrons. The number of aromatic nitrogens is 1. The van der Waals surface area contributed by atoms with Gasteiger partial charge in [-0.1, -0.05) is 6.92 Å². The number of ether oxygens (including phenoxy) is 1. The van der Waals surface area contributed by atoms with E-state index in [4.69, 9.17) is 4.74 Å². The lowest BCUT2D eigenvalue weighted by atomic mass is 10.2. The molecule has 2 rings (SSSR count). The van der Waals surface area contributed by atoms with Crippen molar-refractivity contribution < 1.29 is 9.53 Å². The van der Waals surface area contributed by atoms with Crippen LogP contribution in [-0.2, 0) is 0 Å². The molecule has 1 aliphatic heterocycles. The molecule has 19 heavy (non-hydrogen) atoms. The third-order valence-electron chi connectivity index (χ3n) is 3.61. The molecule has 0 saturated carbocycles. The summed E-state index contributed by atoms with van der Waals surface area (Å²) in [5.41, 5.74) is 0.571. The summed E-state index contributed by atoms with van der Waals surface area (Å²) in [5, 5.41) is 2.98. The first-order valence-electron chi connectivity index (χ1n) is 6.77. The molecule has 1 fully saturated rings. The van der Waals surface area contributed by atoms with Crippen LogP contribution >= 0.6 is 0 Å². The largest absolute Gasteiger partial charge is 0.481 e. The summed E-state index contributed by atoms with van der Waals surface area (Å²) in [7, 11) is 1.56. The smallest absolute Gasteiger partial charge is 0.252 e. The summed E-state index contributed by atoms with van der Waals surface area (Å²) in [4.78, 5) is 18.4. The van der Waals surface area contributed by atoms with E-state index in [1.807, 2.05) is 0 Å². The minimum absolute atomic E-state index is 0.0712. The summed E-state index contributed by atoms with van der Waals surface area (Å²) < 4.78 is 4.97. The molecule has 5 nitrogen and oxygen atoms in total. The highest BCUT2D eigenvalue weighted by Gasteiger charge is 2.23. The molecule has 1 atom stereocenters. The highest BCUT2D eigenvalue weighted by atomic mass is 16.5. The van der Waals surface area contributed by atoms with Crippen LogP contribution in [-0.4, -0.2) is 48.6 Å². The highest BCUT2D eigenvalue weighted by molar-refractivity contribution is 5.93. The number of hydrogen-bond donors (Lipinski definition) is 1. The number of amides is 1. The standard InChI is InChI=1S/C14H21N3O2/c1-3-17-8-4-5-12(17)10-16-14(18)11-6-7-13(19-2)15-9-11/h6-7,9,12H,3-5,8,10H2,1-2H3,(H,16,18). The van der Waals surface area contributed by atoms with Crippen LogP contribution in [0.1, 0.15) is 30.1 Å². The maximum atomic E-state index is 12.0. The maximum Gasteiger partial charge on any atom is 0.252 e. The van der Waals surface area contributed by atoms with E-state index in [-0.39, 0.29) is 5.91 Å². The van der Waals surface area contributed by atoms with Gasteiger partial charge in [-0.05, 0) is 32.0 Å². The zero-order valence-corrected chi connectivity index (χ0v) is 11.6. The molecule has 2 heterocycles. The Hall–Kier alpha value is -1.62. The van der Waals surface area contributed by atoms with Crippen molar-refractivity contribution in [1.82, 2.24) is 15.2 Å². The first kappa shape index (κ1) is 13.8. The van der Waals surface area contributed by atoms with Gasteiger partial charge in [0.15, 0.2) is 0 Å². The van der Waals surface area contributed by atoms with E-state index in [0.29, 0.717) is 24.0 Å². The summed E-state index contributed by atoms with van der Waals surface area (Å²) in [6.07, 6.45) is 3.92. The molecular weight excluding hydrogens is 242 g/mol. The van der Waals surface area contributed by atoms with E-state index >= 15 is 0 Å². The number of likely N-dealkylation sites (tertiary alicyclic amines) is 1. The number of pyridine rings is 1. The van der Waals surface area contributed by atoms with Crippen LogP contribution in [0.5, 0.6) is 5.88 Å². The fourth-order valence-corrected chi connectivity index (χ4v) is 2.49. The van der Waals surface area contributed by atoms with Gasteiger partial charge in [-0.15, -0.1) is 0 Å². The summed E-state index contributed by atoms with van der Waals surface area (Å²) in [5.74, 6) is 0.447. The molecule has 1 aliphatic rings. The van der Waals surface area contributed by atoms with Crippen molar-refractivity contribution in [3.63, 3.8) is 0 Å². The highest BCUT2D eigenvalue weighted by Crippen LogP contribution is 2.15. The van der Waals surface area contributed by atoms with Crippen LogP contribution in [0.15, 0.2) is 18.3 Å². The number of methoxy groups -OCH3 is 1. The van der Waals surface area contributed by atoms with Crippen molar-refractivity contribution in [3.8, 4) is 5.88 Å². The molecular formula is C14H21N3O2. The predicted octanol–water partition coefficient (Wildman–Crippen LogP) is 1.30. The Kier molecular flexibility index (Phi) is 4.74. The van der Waals surface area contributed by atoms with Crippen LogP contribution < -0.4 is 10.1 Å². The Bertz CT molecular complexity index is 419. The number of nitrogens with one attached hydrogen (secondary N) is 1. The molecule has 1 saturated heterocycles. The lowest BCUT2D eigenvalue weighted by Gasteiger charge is -2.22. The Labute approximate surface area is 114 Å². The monoisotopic (exact) mass is 263 g/mol. The Morgan fingerprint density at radius 1 is 1.58 bits per heavy atom. The number of carbonyl (C=O) groups excluding carboxylic acids is 1. The molecule has 1 unspecified atom stereocenters. The second-order valence-corrected chi connectivity index (χ2v) is 4.72. The van der Waals surface area contributed by atoms with Gasteiger partial charge in [-0.25, -0.2) is 4.98 Å². The van der Waals surface area contributed by atoms with Crippen LogP contribution in [0.2, 0.25) is 0 Å². The van der Waals surface area contributed by atoms with Crippen molar-refractivity contribution in [3.05, 3.63) is 23.9 Å². The fourth-order valence-electron chi connectivity index (χ4n) is 2.49. The molecule has 0 aromatic carbocycles. The Morgan fingerprint density at radius 3 is 3.05 bits per heavy atom. The van der Waals surface area contributed by atoms with Gasteiger partial charge in [0, 0.05) is 24.8 Å². The van der Waals surface area contributed by atoms with E-state index in [9.17, 15) is 4.79 Å². The third-order valence-corrected chi connectivity index (χ3v) is 3.61. The molecule has 5 heteroatoms. The van der Waals surface area contributed by atoms with Gasteiger partial charge in [0.1, 0.15) is 0 Å². The number of nitrogens with zero attached hydrogens (tertiary/aromatic N) is 2. The SMILES string of the molecule is CCN1CCCC1CNC(=O)c1ccc(OC)nc1. The minimum Gasteiger partial charge on any atom is -0.481 e. The molecule has 0 radical (unpaired) electrons. The average Bonchev–Trinajstić information content (AvgIpc) is 2.92. The maximum absolute atomic E-state index is 12.0. The first-order valence-corrected chi connectivity index (χ1v) is 6.77. The van der Waals surface area contributed by atoms with E-state index in [1.165, 1.54) is 6.42 Å². The molecule has 1 N–H and O–H groups in total. The van der Waals surface area contributed by atoms with E-state index in [1.54, 1.807) is 25.4 Å². The number of hydrogen-bond acceptors (Lipinski definition) is 4. The summed E-state index contributed by atoms with van der Waals surface area (Å²) >= 11 is 0. The topological polar surface area (TPSA) is 54.5 Å². The van der Waals surface area contributed by atoms with Crippen LogP contribution in [0.3, 0.4) is 0 Å². The van der Waals surface area contributed by atoms with Crippen molar-refractivity contribution in [1.29, 1.82) is 0 Å². The normalized spacial score (nSPS) is 19.4. The molecule has 1 aromatic rings. The van der Waals surface area contributed by atoms with Gasteiger partial charge < -0.3 is 10.1 Å². The van der Waals surface area contributed by atoms with Gasteiger partial charge in [-0.3, -0.25) is 9.69 Å². The third kappa shape index (κ3) is 3.44. The fraction of sp³-hybridized carbons (Fsp3) is 0.571. The molecule has 0 spiro atoms. The van der Waals surface area contributed by atoms with Crippen LogP contribution in [0.4, 0.5) is 0 Å². The minimum atomic E-state index is -0.0712. The van der Waals surface area contributed by atoms with Gasteiger partial charge in [-0.2, -0.15) is 0 Å². The van der Waals surface area contributed by atoms with Crippen molar-refractivity contribution >= 4 is 5.91 Å². The van der Waals surface area contributed by atoms with Crippen LogP contribution in [0.25, 0.3) is 0 Å². The Morgan fingerprint density at radius 2 is 2.42 bits per heavy atom. The van der Waals surface area contributed by atoms with Gasteiger partial charge in [0.25, 0.3) is 5.91 Å². The Balaban J connectivity index is 1.86. The zero-order valence-electron chi connectivity index (χ0n) is 11.6. The van der Waals surface area contributed by atoms with Gasteiger partial charge in [0.2, 0.25) is 5.88 Å². The number of rotatable bonds is 5. The molecule has 0 bridgehead atoms. The first-order chi connectivity index (χ1) is 9.24. The van der Waals surface area contributed by atoms with E-state index in [2.05, 4.69) is 22.1 Å². The lowest BCUT2D eigenvalue weighted by molar-refractivity contribution is 0.0941. The second kappa shape index (κ2) is 6.52. The average molecular weight is 263 g/mol. The quantitative estimate of drug-likeness (QED) is 0.870. The number of likely N-dealkylation sites (N-methyl/N-ethyl adjacent to an activating group) is 1. The summed E-state index contributed by atoms with van der Waals surface area (Å²) in [6.45, 7) is 5.05. The van der Waals surface area contributed by atoms with Crippen LogP contribution in [0, 0.1) is 0 Å². The zero-order chi connectivity index (χ0) is 13.7. The van der Waals surface area contributed by atoms with Gasteiger partial charge >= 0.3 is 0 Å². The van der Waals surface area contributed by atoms with E-state index < -0.39 is 0 Å². The lowest BCUT2D eigenvalue weighted by Crippen LogP contribution is -2.40. The van der Waals surface area contributed by atoms with Crippen molar-refractivity contribution in [2.24, 2.45) is 0 Å². The number of carbonyl (C=O) groups is 1. The molecule has 1 aromatic heterocycles. The predicted molar refractivity (Wildman–Crippen MR) is 73.4 cm³/mol. The second-order valence-electron chi connectivity index (χ2n) is 4.72. The van der Waals surface area contributed by atoms with Gasteiger partial charge in [0.05, 0.1) is 12.7 Å². The summed E-state index contributed by atoms with van der Waals surface area (Å²) in [6, 6.07) is 3.90. The van der Waals surface area contributed by atoms with Crippen molar-refractivity contribution in [2.75, 3.05) is 26.7 Å². The molecule has 1 amide bonds.